The number of carbonyl (C=O) groups is 1. The molecule has 0 aliphatic carbocycles. The van der Waals surface area contributed by atoms with Crippen LogP contribution in [0.25, 0.3) is 0 Å². The number of rotatable bonds is 4. The number of piperidine rings is 1. The summed E-state index contributed by atoms with van der Waals surface area (Å²) in [5.74, 6) is 0.758. The first kappa shape index (κ1) is 14.4. The molecule has 0 saturated carbocycles. The number of β-lactam (4-membered cyclic amide) rings is 1. The molecule has 2 fully saturated rings. The number of hydrogen-bond acceptors (Lipinski definition) is 4. The van der Waals surface area contributed by atoms with Gasteiger partial charge in [-0.2, -0.15) is 0 Å². The van der Waals surface area contributed by atoms with Crippen molar-refractivity contribution in [2.24, 2.45) is 5.41 Å². The lowest BCUT2D eigenvalue weighted by atomic mass is 9.72. The molecular formula is C16H24N4O. The lowest BCUT2D eigenvalue weighted by Gasteiger charge is -2.53. The molecule has 1 amide bonds. The largest absolute Gasteiger partial charge is 0.300 e. The summed E-state index contributed by atoms with van der Waals surface area (Å²) in [5.41, 5.74) is -0.181. The van der Waals surface area contributed by atoms with Crippen LogP contribution in [0.15, 0.2) is 18.5 Å². The molecule has 3 rings (SSSR count). The Morgan fingerprint density at radius 1 is 1.33 bits per heavy atom. The molecule has 3 heterocycles. The maximum absolute atomic E-state index is 12.7. The van der Waals surface area contributed by atoms with Crippen molar-refractivity contribution in [3.8, 4) is 0 Å². The van der Waals surface area contributed by atoms with Gasteiger partial charge in [0.2, 0.25) is 11.9 Å². The van der Waals surface area contributed by atoms with Crippen LogP contribution in [0.5, 0.6) is 0 Å². The molecule has 1 aromatic heterocycles. The fourth-order valence-electron chi connectivity index (χ4n) is 3.68. The van der Waals surface area contributed by atoms with Gasteiger partial charge in [0.25, 0.3) is 0 Å². The second kappa shape index (κ2) is 5.72. The van der Waals surface area contributed by atoms with Crippen LogP contribution in [-0.4, -0.2) is 46.5 Å². The lowest BCUT2D eigenvalue weighted by Crippen LogP contribution is -2.68. The molecule has 0 radical (unpaired) electrons. The van der Waals surface area contributed by atoms with Crippen molar-refractivity contribution in [1.29, 1.82) is 0 Å². The van der Waals surface area contributed by atoms with Crippen molar-refractivity contribution in [1.82, 2.24) is 14.9 Å². The number of carbonyl (C=O) groups excluding carboxylic acids is 1. The average molecular weight is 288 g/mol. The highest BCUT2D eigenvalue weighted by atomic mass is 16.2. The molecule has 2 aliphatic heterocycles. The molecule has 2 atom stereocenters. The van der Waals surface area contributed by atoms with Crippen molar-refractivity contribution in [2.75, 3.05) is 24.5 Å². The molecule has 114 valence electrons. The van der Waals surface area contributed by atoms with Crippen molar-refractivity contribution in [3.05, 3.63) is 18.5 Å². The van der Waals surface area contributed by atoms with Crippen LogP contribution in [0.3, 0.4) is 0 Å². The van der Waals surface area contributed by atoms with E-state index >= 15 is 0 Å². The monoisotopic (exact) mass is 288 g/mol. The Morgan fingerprint density at radius 3 is 2.76 bits per heavy atom. The number of nitrogens with zero attached hydrogens (tertiary/aromatic N) is 4. The molecule has 0 unspecified atom stereocenters. The maximum atomic E-state index is 12.7. The standard InChI is InChI=1S/C16H24N4O/c1-3-6-13(2)19-10-4-7-16(11-19)12-20(14(16)21)15-17-8-5-9-18-15/h5,8-9,13H,3-4,6-7,10-12H2,1-2H3/t13-,16-/m1/s1. The van der Waals surface area contributed by atoms with E-state index in [0.29, 0.717) is 12.0 Å². The minimum absolute atomic E-state index is 0.181. The van der Waals surface area contributed by atoms with Gasteiger partial charge >= 0.3 is 0 Å². The van der Waals surface area contributed by atoms with Crippen LogP contribution < -0.4 is 4.90 Å². The van der Waals surface area contributed by atoms with Gasteiger partial charge in [-0.25, -0.2) is 9.97 Å². The summed E-state index contributed by atoms with van der Waals surface area (Å²) in [6.45, 7) is 7.29. The van der Waals surface area contributed by atoms with E-state index in [1.807, 2.05) is 0 Å². The fraction of sp³-hybridized carbons (Fsp3) is 0.688. The van der Waals surface area contributed by atoms with Crippen LogP contribution in [0.1, 0.15) is 39.5 Å². The van der Waals surface area contributed by atoms with Gasteiger partial charge in [0.1, 0.15) is 0 Å². The summed E-state index contributed by atoms with van der Waals surface area (Å²) in [5, 5.41) is 0. The minimum Gasteiger partial charge on any atom is -0.300 e. The molecule has 2 saturated heterocycles. The normalized spacial score (nSPS) is 27.7. The Kier molecular flexibility index (Phi) is 3.93. The molecule has 0 aromatic carbocycles. The molecule has 21 heavy (non-hydrogen) atoms. The van der Waals surface area contributed by atoms with Crippen molar-refractivity contribution >= 4 is 11.9 Å². The van der Waals surface area contributed by atoms with E-state index in [1.54, 1.807) is 23.4 Å². The highest BCUT2D eigenvalue weighted by molar-refractivity contribution is 6.03. The van der Waals surface area contributed by atoms with Crippen molar-refractivity contribution in [3.63, 3.8) is 0 Å². The lowest BCUT2D eigenvalue weighted by molar-refractivity contribution is -0.140. The first-order chi connectivity index (χ1) is 10.2. The van der Waals surface area contributed by atoms with E-state index in [4.69, 9.17) is 0 Å². The topological polar surface area (TPSA) is 49.3 Å². The van der Waals surface area contributed by atoms with Crippen molar-refractivity contribution < 1.29 is 4.79 Å². The third-order valence-corrected chi connectivity index (χ3v) is 4.89. The Balaban J connectivity index is 1.68. The Morgan fingerprint density at radius 2 is 2.10 bits per heavy atom. The molecular weight excluding hydrogens is 264 g/mol. The van der Waals surface area contributed by atoms with Crippen LogP contribution in [0, 0.1) is 5.41 Å². The van der Waals surface area contributed by atoms with Gasteiger partial charge in [0.05, 0.1) is 5.41 Å². The summed E-state index contributed by atoms with van der Waals surface area (Å²) >= 11 is 0. The van der Waals surface area contributed by atoms with Gasteiger partial charge in [0, 0.05) is 31.5 Å². The van der Waals surface area contributed by atoms with E-state index in [0.717, 1.165) is 32.5 Å². The van der Waals surface area contributed by atoms with Crippen LogP contribution in [0.2, 0.25) is 0 Å². The summed E-state index contributed by atoms with van der Waals surface area (Å²) in [4.78, 5) is 25.3. The van der Waals surface area contributed by atoms with Crippen LogP contribution in [-0.2, 0) is 4.79 Å². The zero-order valence-corrected chi connectivity index (χ0v) is 13.0. The van der Waals surface area contributed by atoms with E-state index in [9.17, 15) is 4.79 Å². The Labute approximate surface area is 126 Å². The fourth-order valence-corrected chi connectivity index (χ4v) is 3.68. The van der Waals surface area contributed by atoms with Gasteiger partial charge < -0.3 is 0 Å². The molecule has 0 N–H and O–H groups in total. The second-order valence-electron chi connectivity index (χ2n) is 6.43. The summed E-state index contributed by atoms with van der Waals surface area (Å²) in [6.07, 6.45) is 7.90. The van der Waals surface area contributed by atoms with Crippen LogP contribution in [0.4, 0.5) is 5.95 Å². The van der Waals surface area contributed by atoms with Gasteiger partial charge in [-0.05, 0) is 38.8 Å². The first-order valence-corrected chi connectivity index (χ1v) is 7.99. The molecule has 0 bridgehead atoms. The van der Waals surface area contributed by atoms with E-state index in [2.05, 4.69) is 28.7 Å². The predicted molar refractivity (Wildman–Crippen MR) is 82.0 cm³/mol. The number of anilines is 1. The molecule has 2 aliphatic rings. The summed E-state index contributed by atoms with van der Waals surface area (Å²) in [6, 6.07) is 2.35. The zero-order chi connectivity index (χ0) is 14.9. The highest BCUT2D eigenvalue weighted by Gasteiger charge is 2.55. The number of aromatic nitrogens is 2. The Bertz CT molecular complexity index is 506. The van der Waals surface area contributed by atoms with Crippen molar-refractivity contribution in [2.45, 2.75) is 45.6 Å². The molecule has 5 nitrogen and oxygen atoms in total. The first-order valence-electron chi connectivity index (χ1n) is 7.99. The molecule has 1 aromatic rings. The summed E-state index contributed by atoms with van der Waals surface area (Å²) in [7, 11) is 0. The van der Waals surface area contributed by atoms with Gasteiger partial charge in [-0.3, -0.25) is 14.6 Å². The SMILES string of the molecule is CCC[C@@H](C)N1CCC[C@]2(CN(c3ncccn3)C2=O)C1. The van der Waals surface area contributed by atoms with Gasteiger partial charge in [-0.15, -0.1) is 0 Å². The quantitative estimate of drug-likeness (QED) is 0.796. The van der Waals surface area contributed by atoms with Crippen LogP contribution >= 0.6 is 0 Å². The zero-order valence-electron chi connectivity index (χ0n) is 13.0. The maximum Gasteiger partial charge on any atom is 0.238 e. The van der Waals surface area contributed by atoms with Gasteiger partial charge in [0.15, 0.2) is 0 Å². The molecule has 5 heteroatoms. The number of likely N-dealkylation sites (tertiary alicyclic amines) is 1. The number of amides is 1. The third kappa shape index (κ3) is 2.55. The van der Waals surface area contributed by atoms with E-state index in [1.165, 1.54) is 12.8 Å². The second-order valence-corrected chi connectivity index (χ2v) is 6.43. The third-order valence-electron chi connectivity index (χ3n) is 4.89. The number of hydrogen-bond donors (Lipinski definition) is 0. The molecule has 1 spiro atoms. The Hall–Kier alpha value is -1.49. The van der Waals surface area contributed by atoms with E-state index < -0.39 is 0 Å². The summed E-state index contributed by atoms with van der Waals surface area (Å²) < 4.78 is 0. The smallest absolute Gasteiger partial charge is 0.238 e. The highest BCUT2D eigenvalue weighted by Crippen LogP contribution is 2.42. The van der Waals surface area contributed by atoms with Gasteiger partial charge in [-0.1, -0.05) is 13.3 Å². The minimum atomic E-state index is -0.181. The average Bonchev–Trinajstić information content (AvgIpc) is 2.53. The van der Waals surface area contributed by atoms with E-state index in [-0.39, 0.29) is 11.3 Å². The predicted octanol–water partition coefficient (Wildman–Crippen LogP) is 2.09.